The van der Waals surface area contributed by atoms with Crippen molar-refractivity contribution in [2.45, 2.75) is 46.1 Å². The van der Waals surface area contributed by atoms with Gasteiger partial charge in [-0.15, -0.1) is 0 Å². The van der Waals surface area contributed by atoms with Crippen LogP contribution in [0.25, 0.3) is 0 Å². The number of hydrogen-bond donors (Lipinski definition) is 1. The fourth-order valence-electron chi connectivity index (χ4n) is 2.59. The molecule has 0 aromatic rings. The first kappa shape index (κ1) is 12.0. The van der Waals surface area contributed by atoms with Crippen LogP contribution in [-0.2, 0) is 0 Å². The molecule has 1 aliphatic heterocycles. The molecule has 1 heterocycles. The van der Waals surface area contributed by atoms with Crippen molar-refractivity contribution in [3.8, 4) is 0 Å². The highest BCUT2D eigenvalue weighted by Crippen LogP contribution is 2.26. The molecule has 0 saturated carbocycles. The van der Waals surface area contributed by atoms with Crippen molar-refractivity contribution in [3.63, 3.8) is 0 Å². The Morgan fingerprint density at radius 2 is 2.07 bits per heavy atom. The first-order valence-electron chi connectivity index (χ1n) is 6.07. The predicted molar refractivity (Wildman–Crippen MR) is 60.3 cm³/mol. The molecule has 0 bridgehead atoms. The normalized spacial score (nSPS) is 30.9. The minimum absolute atomic E-state index is 0.361. The largest absolute Gasteiger partial charge is 0.396 e. The number of aliphatic hydroxyl groups is 1. The van der Waals surface area contributed by atoms with Gasteiger partial charge in [0.1, 0.15) is 0 Å². The molecule has 1 saturated heterocycles. The van der Waals surface area contributed by atoms with Gasteiger partial charge >= 0.3 is 0 Å². The lowest BCUT2D eigenvalue weighted by molar-refractivity contribution is 0.185. The molecule has 3 atom stereocenters. The van der Waals surface area contributed by atoms with Crippen molar-refractivity contribution in [3.05, 3.63) is 0 Å². The third-order valence-corrected chi connectivity index (χ3v) is 3.64. The Labute approximate surface area is 88.3 Å². The third-order valence-electron chi connectivity index (χ3n) is 3.64. The van der Waals surface area contributed by atoms with Gasteiger partial charge < -0.3 is 5.11 Å². The summed E-state index contributed by atoms with van der Waals surface area (Å²) < 4.78 is 0. The zero-order valence-corrected chi connectivity index (χ0v) is 9.87. The summed E-state index contributed by atoms with van der Waals surface area (Å²) >= 11 is 0. The lowest BCUT2D eigenvalue weighted by atomic mass is 10.00. The predicted octanol–water partition coefficient (Wildman–Crippen LogP) is 2.13. The van der Waals surface area contributed by atoms with Crippen LogP contribution in [0.4, 0.5) is 0 Å². The van der Waals surface area contributed by atoms with Gasteiger partial charge in [0, 0.05) is 25.7 Å². The lowest BCUT2D eigenvalue weighted by Crippen LogP contribution is -2.33. The van der Waals surface area contributed by atoms with Gasteiger partial charge in [-0.3, -0.25) is 4.90 Å². The van der Waals surface area contributed by atoms with E-state index in [1.807, 2.05) is 0 Å². The SMILES string of the molecule is CCCC(CC)N1CC(C)C(CO)C1. The van der Waals surface area contributed by atoms with Crippen LogP contribution in [0.1, 0.15) is 40.0 Å². The minimum Gasteiger partial charge on any atom is -0.396 e. The van der Waals surface area contributed by atoms with E-state index in [1.165, 1.54) is 25.8 Å². The second-order valence-electron chi connectivity index (χ2n) is 4.72. The second-order valence-corrected chi connectivity index (χ2v) is 4.72. The van der Waals surface area contributed by atoms with Crippen molar-refractivity contribution in [2.24, 2.45) is 11.8 Å². The Morgan fingerprint density at radius 3 is 2.50 bits per heavy atom. The van der Waals surface area contributed by atoms with Crippen LogP contribution in [0.15, 0.2) is 0 Å². The molecular formula is C12H25NO. The molecule has 14 heavy (non-hydrogen) atoms. The molecule has 2 heteroatoms. The van der Waals surface area contributed by atoms with Crippen LogP contribution in [0, 0.1) is 11.8 Å². The van der Waals surface area contributed by atoms with E-state index < -0.39 is 0 Å². The molecule has 2 nitrogen and oxygen atoms in total. The highest BCUT2D eigenvalue weighted by molar-refractivity contribution is 4.84. The smallest absolute Gasteiger partial charge is 0.0474 e. The summed E-state index contributed by atoms with van der Waals surface area (Å²) in [5.74, 6) is 1.19. The van der Waals surface area contributed by atoms with E-state index in [0.29, 0.717) is 18.4 Å². The second kappa shape index (κ2) is 5.72. The Hall–Kier alpha value is -0.0800. The summed E-state index contributed by atoms with van der Waals surface area (Å²) in [5.41, 5.74) is 0. The van der Waals surface area contributed by atoms with Crippen LogP contribution < -0.4 is 0 Å². The van der Waals surface area contributed by atoms with Crippen molar-refractivity contribution in [1.82, 2.24) is 4.90 Å². The van der Waals surface area contributed by atoms with Gasteiger partial charge in [-0.25, -0.2) is 0 Å². The van der Waals surface area contributed by atoms with Crippen LogP contribution in [0.3, 0.4) is 0 Å². The summed E-state index contributed by atoms with van der Waals surface area (Å²) in [5, 5.41) is 9.21. The van der Waals surface area contributed by atoms with Crippen molar-refractivity contribution in [2.75, 3.05) is 19.7 Å². The van der Waals surface area contributed by atoms with Crippen molar-refractivity contribution >= 4 is 0 Å². The van der Waals surface area contributed by atoms with Crippen LogP contribution in [-0.4, -0.2) is 35.7 Å². The van der Waals surface area contributed by atoms with E-state index in [-0.39, 0.29) is 0 Å². The number of hydrogen-bond acceptors (Lipinski definition) is 2. The van der Waals surface area contributed by atoms with E-state index in [2.05, 4.69) is 25.7 Å². The Kier molecular flexibility index (Phi) is 4.90. The Bertz CT molecular complexity index is 160. The zero-order chi connectivity index (χ0) is 10.6. The van der Waals surface area contributed by atoms with E-state index in [4.69, 9.17) is 0 Å². The molecule has 84 valence electrons. The van der Waals surface area contributed by atoms with Gasteiger partial charge in [0.2, 0.25) is 0 Å². The van der Waals surface area contributed by atoms with Crippen LogP contribution in [0.2, 0.25) is 0 Å². The summed E-state index contributed by atoms with van der Waals surface area (Å²) in [6.07, 6.45) is 3.83. The maximum atomic E-state index is 9.21. The average Bonchev–Trinajstić information content (AvgIpc) is 2.56. The number of nitrogens with zero attached hydrogens (tertiary/aromatic N) is 1. The Balaban J connectivity index is 2.45. The fraction of sp³-hybridized carbons (Fsp3) is 1.00. The maximum Gasteiger partial charge on any atom is 0.0474 e. The van der Waals surface area contributed by atoms with Crippen LogP contribution >= 0.6 is 0 Å². The molecule has 0 aliphatic carbocycles. The van der Waals surface area contributed by atoms with Gasteiger partial charge in [0.25, 0.3) is 0 Å². The lowest BCUT2D eigenvalue weighted by Gasteiger charge is -2.26. The average molecular weight is 199 g/mol. The van der Waals surface area contributed by atoms with Crippen molar-refractivity contribution in [1.29, 1.82) is 0 Å². The topological polar surface area (TPSA) is 23.5 Å². The zero-order valence-electron chi connectivity index (χ0n) is 9.87. The van der Waals surface area contributed by atoms with E-state index in [1.54, 1.807) is 0 Å². The van der Waals surface area contributed by atoms with Crippen LogP contribution in [0.5, 0.6) is 0 Å². The highest BCUT2D eigenvalue weighted by Gasteiger charge is 2.31. The van der Waals surface area contributed by atoms with E-state index in [9.17, 15) is 5.11 Å². The number of aliphatic hydroxyl groups excluding tert-OH is 1. The molecule has 1 fully saturated rings. The summed E-state index contributed by atoms with van der Waals surface area (Å²) in [6, 6.07) is 0.749. The van der Waals surface area contributed by atoms with Gasteiger partial charge in [0.15, 0.2) is 0 Å². The van der Waals surface area contributed by atoms with Crippen molar-refractivity contribution < 1.29 is 5.11 Å². The van der Waals surface area contributed by atoms with Gasteiger partial charge in [-0.05, 0) is 24.7 Å². The summed E-state index contributed by atoms with van der Waals surface area (Å²) in [7, 11) is 0. The molecule has 1 rings (SSSR count). The molecule has 0 aromatic heterocycles. The first-order valence-corrected chi connectivity index (χ1v) is 6.07. The summed E-state index contributed by atoms with van der Waals surface area (Å²) in [6.45, 7) is 9.45. The van der Waals surface area contributed by atoms with Gasteiger partial charge in [-0.1, -0.05) is 27.2 Å². The molecule has 0 amide bonds. The molecule has 0 aromatic carbocycles. The first-order chi connectivity index (χ1) is 6.72. The molecular weight excluding hydrogens is 174 g/mol. The fourth-order valence-corrected chi connectivity index (χ4v) is 2.59. The van der Waals surface area contributed by atoms with Gasteiger partial charge in [-0.2, -0.15) is 0 Å². The highest BCUT2D eigenvalue weighted by atomic mass is 16.3. The molecule has 1 N–H and O–H groups in total. The third kappa shape index (κ3) is 2.71. The van der Waals surface area contributed by atoms with E-state index >= 15 is 0 Å². The standard InChI is InChI=1S/C12H25NO/c1-4-6-12(5-2)13-7-10(3)11(8-13)9-14/h10-12,14H,4-9H2,1-3H3. The quantitative estimate of drug-likeness (QED) is 0.733. The monoisotopic (exact) mass is 199 g/mol. The molecule has 3 unspecified atom stereocenters. The summed E-state index contributed by atoms with van der Waals surface area (Å²) in [4.78, 5) is 2.58. The molecule has 0 spiro atoms. The number of likely N-dealkylation sites (tertiary alicyclic amines) is 1. The molecule has 1 aliphatic rings. The van der Waals surface area contributed by atoms with E-state index in [0.717, 1.165) is 12.6 Å². The molecule has 0 radical (unpaired) electrons. The maximum absolute atomic E-state index is 9.21. The minimum atomic E-state index is 0.361. The van der Waals surface area contributed by atoms with Gasteiger partial charge in [0.05, 0.1) is 0 Å². The number of rotatable bonds is 5. The Morgan fingerprint density at radius 1 is 1.36 bits per heavy atom.